The maximum absolute atomic E-state index is 9.70. The lowest BCUT2D eigenvalue weighted by Crippen LogP contribution is -2.11. The number of ether oxygens (including phenoxy) is 1. The molecule has 2 rings (SSSR count). The van der Waals surface area contributed by atoms with Crippen molar-refractivity contribution in [3.8, 4) is 5.88 Å². The number of nitrogens with zero attached hydrogens (tertiary/aromatic N) is 1. The third-order valence-electron chi connectivity index (χ3n) is 2.63. The van der Waals surface area contributed by atoms with Crippen LogP contribution in [0.2, 0.25) is 0 Å². The zero-order valence-electron chi connectivity index (χ0n) is 7.56. The molecule has 3 nitrogen and oxygen atoms in total. The molecule has 0 radical (unpaired) electrons. The third-order valence-corrected chi connectivity index (χ3v) is 3.27. The van der Waals surface area contributed by atoms with Gasteiger partial charge in [0, 0.05) is 16.9 Å². The third kappa shape index (κ3) is 1.56. The second-order valence-corrected chi connectivity index (χ2v) is 4.01. The summed E-state index contributed by atoms with van der Waals surface area (Å²) in [7, 11) is 1.62. The summed E-state index contributed by atoms with van der Waals surface area (Å²) in [5.41, 5.74) is 1.08. The Bertz CT molecular complexity index is 287. The van der Waals surface area contributed by atoms with Crippen molar-refractivity contribution in [1.82, 2.24) is 4.37 Å². The Morgan fingerprint density at radius 3 is 3.08 bits per heavy atom. The molecule has 1 N–H and O–H groups in total. The van der Waals surface area contributed by atoms with Gasteiger partial charge in [-0.1, -0.05) is 6.42 Å². The smallest absolute Gasteiger partial charge is 0.228 e. The molecular formula is C9H13NO2S. The maximum Gasteiger partial charge on any atom is 0.228 e. The summed E-state index contributed by atoms with van der Waals surface area (Å²) in [6.07, 6.45) is 2.86. The quantitative estimate of drug-likeness (QED) is 0.789. The van der Waals surface area contributed by atoms with Crippen molar-refractivity contribution in [3.05, 3.63) is 10.9 Å². The van der Waals surface area contributed by atoms with Crippen molar-refractivity contribution in [2.45, 2.75) is 31.3 Å². The van der Waals surface area contributed by atoms with Gasteiger partial charge in [-0.25, -0.2) is 0 Å². The zero-order chi connectivity index (χ0) is 9.26. The van der Waals surface area contributed by atoms with Crippen LogP contribution in [-0.2, 0) is 0 Å². The number of aromatic nitrogens is 1. The molecule has 0 saturated heterocycles. The van der Waals surface area contributed by atoms with Crippen molar-refractivity contribution >= 4 is 11.5 Å². The molecule has 72 valence electrons. The first-order valence-electron chi connectivity index (χ1n) is 4.49. The Balaban J connectivity index is 2.23. The van der Waals surface area contributed by atoms with E-state index in [9.17, 15) is 5.11 Å². The average Bonchev–Trinajstić information content (AvgIpc) is 2.71. The van der Waals surface area contributed by atoms with Crippen molar-refractivity contribution in [3.63, 3.8) is 0 Å². The van der Waals surface area contributed by atoms with Crippen LogP contribution in [0.4, 0.5) is 0 Å². The van der Waals surface area contributed by atoms with Crippen LogP contribution in [0.5, 0.6) is 5.88 Å². The molecule has 4 heteroatoms. The van der Waals surface area contributed by atoms with E-state index in [4.69, 9.17) is 4.74 Å². The number of aliphatic hydroxyl groups excluding tert-OH is 1. The van der Waals surface area contributed by atoms with Crippen LogP contribution in [0.15, 0.2) is 5.38 Å². The molecule has 2 unspecified atom stereocenters. The van der Waals surface area contributed by atoms with Crippen LogP contribution in [0.25, 0.3) is 0 Å². The standard InChI is InChI=1S/C9H13NO2S/c1-12-9-7(5-13-10-9)6-3-2-4-8(6)11/h5-6,8,11H,2-4H2,1H3. The fraction of sp³-hybridized carbons (Fsp3) is 0.667. The lowest BCUT2D eigenvalue weighted by atomic mass is 9.99. The number of rotatable bonds is 2. The van der Waals surface area contributed by atoms with Gasteiger partial charge >= 0.3 is 0 Å². The average molecular weight is 199 g/mol. The highest BCUT2D eigenvalue weighted by molar-refractivity contribution is 7.03. The summed E-state index contributed by atoms with van der Waals surface area (Å²) >= 11 is 1.39. The van der Waals surface area contributed by atoms with E-state index in [-0.39, 0.29) is 12.0 Å². The summed E-state index contributed by atoms with van der Waals surface area (Å²) in [4.78, 5) is 0. The molecule has 1 fully saturated rings. The Labute approximate surface area is 81.5 Å². The van der Waals surface area contributed by atoms with Crippen molar-refractivity contribution in [2.75, 3.05) is 7.11 Å². The largest absolute Gasteiger partial charge is 0.480 e. The van der Waals surface area contributed by atoms with Gasteiger partial charge in [0.25, 0.3) is 0 Å². The van der Waals surface area contributed by atoms with Crippen LogP contribution in [0.3, 0.4) is 0 Å². The Morgan fingerprint density at radius 2 is 2.46 bits per heavy atom. The van der Waals surface area contributed by atoms with Gasteiger partial charge in [0.2, 0.25) is 5.88 Å². The molecule has 1 saturated carbocycles. The summed E-state index contributed by atoms with van der Waals surface area (Å²) < 4.78 is 9.26. The van der Waals surface area contributed by atoms with E-state index >= 15 is 0 Å². The molecule has 2 atom stereocenters. The fourth-order valence-electron chi connectivity index (χ4n) is 1.94. The van der Waals surface area contributed by atoms with E-state index in [2.05, 4.69) is 4.37 Å². The van der Waals surface area contributed by atoms with E-state index < -0.39 is 0 Å². The summed E-state index contributed by atoms with van der Waals surface area (Å²) in [5.74, 6) is 0.935. The molecule has 1 aromatic rings. The Hall–Kier alpha value is -0.610. The minimum Gasteiger partial charge on any atom is -0.480 e. The molecule has 1 aliphatic carbocycles. The fourth-order valence-corrected chi connectivity index (χ4v) is 2.66. The van der Waals surface area contributed by atoms with Gasteiger partial charge in [-0.3, -0.25) is 0 Å². The van der Waals surface area contributed by atoms with E-state index in [0.717, 1.165) is 24.8 Å². The Kier molecular flexibility index (Phi) is 2.51. The first kappa shape index (κ1) is 8.97. The van der Waals surface area contributed by atoms with Gasteiger partial charge in [-0.15, -0.1) is 0 Å². The van der Waals surface area contributed by atoms with Crippen molar-refractivity contribution in [2.24, 2.45) is 0 Å². The van der Waals surface area contributed by atoms with Crippen molar-refractivity contribution in [1.29, 1.82) is 0 Å². The van der Waals surface area contributed by atoms with Crippen LogP contribution in [0, 0.1) is 0 Å². The normalized spacial score (nSPS) is 27.8. The molecule has 1 heterocycles. The Morgan fingerprint density at radius 1 is 1.62 bits per heavy atom. The molecule has 1 aromatic heterocycles. The van der Waals surface area contributed by atoms with Gasteiger partial charge in [0.15, 0.2) is 0 Å². The maximum atomic E-state index is 9.70. The predicted octanol–water partition coefficient (Wildman–Crippen LogP) is 1.78. The number of aliphatic hydroxyl groups is 1. The van der Waals surface area contributed by atoms with E-state index in [1.54, 1.807) is 7.11 Å². The van der Waals surface area contributed by atoms with Gasteiger partial charge in [-0.05, 0) is 24.4 Å². The highest BCUT2D eigenvalue weighted by atomic mass is 32.1. The summed E-state index contributed by atoms with van der Waals surface area (Å²) in [5, 5.41) is 11.7. The molecule has 0 amide bonds. The van der Waals surface area contributed by atoms with Gasteiger partial charge < -0.3 is 9.84 Å². The minimum absolute atomic E-state index is 0.203. The number of methoxy groups -OCH3 is 1. The SMILES string of the molecule is COc1nscc1C1CCCC1O. The predicted molar refractivity (Wildman–Crippen MR) is 51.3 cm³/mol. The lowest BCUT2D eigenvalue weighted by Gasteiger charge is -2.13. The highest BCUT2D eigenvalue weighted by Crippen LogP contribution is 2.39. The van der Waals surface area contributed by atoms with Crippen LogP contribution in [-0.4, -0.2) is 22.7 Å². The molecular weight excluding hydrogens is 186 g/mol. The van der Waals surface area contributed by atoms with Crippen LogP contribution in [0.1, 0.15) is 30.7 Å². The first-order chi connectivity index (χ1) is 6.33. The van der Waals surface area contributed by atoms with Crippen LogP contribution >= 0.6 is 11.5 Å². The topological polar surface area (TPSA) is 42.4 Å². The minimum atomic E-state index is -0.203. The van der Waals surface area contributed by atoms with E-state index in [0.29, 0.717) is 5.88 Å². The van der Waals surface area contributed by atoms with Gasteiger partial charge in [0.1, 0.15) is 0 Å². The van der Waals surface area contributed by atoms with E-state index in [1.165, 1.54) is 11.5 Å². The van der Waals surface area contributed by atoms with Gasteiger partial charge in [0.05, 0.1) is 13.2 Å². The van der Waals surface area contributed by atoms with Gasteiger partial charge in [-0.2, -0.15) is 4.37 Å². The first-order valence-corrected chi connectivity index (χ1v) is 5.33. The molecule has 13 heavy (non-hydrogen) atoms. The zero-order valence-corrected chi connectivity index (χ0v) is 8.38. The number of hydrogen-bond donors (Lipinski definition) is 1. The summed E-state index contributed by atoms with van der Waals surface area (Å²) in [6, 6.07) is 0. The second-order valence-electron chi connectivity index (χ2n) is 3.38. The second kappa shape index (κ2) is 3.64. The lowest BCUT2D eigenvalue weighted by molar-refractivity contribution is 0.162. The summed E-state index contributed by atoms with van der Waals surface area (Å²) in [6.45, 7) is 0. The van der Waals surface area contributed by atoms with Crippen LogP contribution < -0.4 is 4.74 Å². The monoisotopic (exact) mass is 199 g/mol. The number of hydrogen-bond acceptors (Lipinski definition) is 4. The molecule has 0 bridgehead atoms. The highest BCUT2D eigenvalue weighted by Gasteiger charge is 2.30. The molecule has 0 aliphatic heterocycles. The molecule has 0 aromatic carbocycles. The molecule has 0 spiro atoms. The molecule has 1 aliphatic rings. The van der Waals surface area contributed by atoms with Crippen molar-refractivity contribution < 1.29 is 9.84 Å². The van der Waals surface area contributed by atoms with E-state index in [1.807, 2.05) is 5.38 Å².